The molecule has 0 saturated carbocycles. The smallest absolute Gasteiger partial charge is 0.165 e. The van der Waals surface area contributed by atoms with E-state index in [1.54, 1.807) is 24.8 Å². The van der Waals surface area contributed by atoms with Gasteiger partial charge in [0.05, 0.1) is 0 Å². The van der Waals surface area contributed by atoms with Crippen molar-refractivity contribution in [2.45, 2.75) is 0 Å². The third-order valence-electron chi connectivity index (χ3n) is 10.7. The van der Waals surface area contributed by atoms with Crippen molar-refractivity contribution < 1.29 is 0 Å². The van der Waals surface area contributed by atoms with Crippen molar-refractivity contribution in [3.8, 4) is 101 Å². The molecule has 0 radical (unpaired) electrons. The lowest BCUT2D eigenvalue weighted by Crippen LogP contribution is -2.01. The molecule has 10 aromatic rings. The summed E-state index contributed by atoms with van der Waals surface area (Å²) in [6.07, 6.45) is 7.05. The maximum absolute atomic E-state index is 5.03. The van der Waals surface area contributed by atoms with Crippen molar-refractivity contribution in [3.05, 3.63) is 225 Å². The number of pyridine rings is 2. The minimum atomic E-state index is 0.546. The van der Waals surface area contributed by atoms with Crippen molar-refractivity contribution in [2.24, 2.45) is 0 Å². The number of hydrogen-bond donors (Lipinski definition) is 0. The fourth-order valence-electron chi connectivity index (χ4n) is 7.68. The number of rotatable bonds is 9. The average Bonchev–Trinajstić information content (AvgIpc) is 3.35. The Morgan fingerprint density at radius 2 is 0.600 bits per heavy atom. The lowest BCUT2D eigenvalue weighted by Gasteiger charge is -2.17. The summed E-state index contributed by atoms with van der Waals surface area (Å²) < 4.78 is 0. The number of aromatic nitrogens is 5. The zero-order valence-corrected chi connectivity index (χ0v) is 32.6. The second kappa shape index (κ2) is 16.4. The van der Waals surface area contributed by atoms with Crippen LogP contribution in [0.15, 0.2) is 225 Å². The van der Waals surface area contributed by atoms with E-state index in [9.17, 15) is 0 Å². The minimum Gasteiger partial charge on any atom is -0.264 e. The molecular formula is C55H37N5. The van der Waals surface area contributed by atoms with Crippen LogP contribution >= 0.6 is 0 Å². The quantitative estimate of drug-likeness (QED) is 0.146. The third kappa shape index (κ3) is 7.63. The minimum absolute atomic E-state index is 0.546. The predicted octanol–water partition coefficient (Wildman–Crippen LogP) is 13.7. The molecule has 282 valence electrons. The van der Waals surface area contributed by atoms with Crippen LogP contribution in [0.25, 0.3) is 101 Å². The Bertz CT molecular complexity index is 2900. The summed E-state index contributed by atoms with van der Waals surface area (Å²) in [6.45, 7) is 0. The molecule has 0 bridgehead atoms. The summed E-state index contributed by atoms with van der Waals surface area (Å²) in [5.74, 6) is 1.66. The largest absolute Gasteiger partial charge is 0.264 e. The van der Waals surface area contributed by atoms with Crippen LogP contribution in [-0.4, -0.2) is 24.9 Å². The van der Waals surface area contributed by atoms with Crippen molar-refractivity contribution in [1.82, 2.24) is 24.9 Å². The molecule has 10 rings (SSSR count). The second-order valence-electron chi connectivity index (χ2n) is 14.6. The van der Waals surface area contributed by atoms with E-state index >= 15 is 0 Å². The van der Waals surface area contributed by atoms with Gasteiger partial charge in [0.1, 0.15) is 0 Å². The Hall–Kier alpha value is -8.15. The molecule has 0 unspecified atom stereocenters. The molecule has 7 aromatic carbocycles. The van der Waals surface area contributed by atoms with E-state index in [1.807, 2.05) is 24.3 Å². The maximum atomic E-state index is 5.03. The van der Waals surface area contributed by atoms with Crippen LogP contribution in [0.4, 0.5) is 0 Å². The Balaban J connectivity index is 1.16. The highest BCUT2D eigenvalue weighted by Gasteiger charge is 2.17. The Morgan fingerprint density at radius 3 is 1.07 bits per heavy atom. The Morgan fingerprint density at radius 1 is 0.217 bits per heavy atom. The van der Waals surface area contributed by atoms with Gasteiger partial charge in [0, 0.05) is 41.5 Å². The lowest BCUT2D eigenvalue weighted by molar-refractivity contribution is 1.07. The first-order chi connectivity index (χ1) is 29.7. The highest BCUT2D eigenvalue weighted by atomic mass is 15.0. The van der Waals surface area contributed by atoms with Crippen LogP contribution in [0, 0.1) is 0 Å². The first kappa shape index (κ1) is 36.2. The summed E-state index contributed by atoms with van der Waals surface area (Å²) >= 11 is 0. The Kier molecular flexibility index (Phi) is 9.88. The van der Waals surface area contributed by atoms with Gasteiger partial charge < -0.3 is 0 Å². The van der Waals surface area contributed by atoms with Crippen LogP contribution in [0.3, 0.4) is 0 Å². The van der Waals surface area contributed by atoms with Crippen LogP contribution in [-0.2, 0) is 0 Å². The Labute approximate surface area is 349 Å². The monoisotopic (exact) mass is 767 g/mol. The molecule has 0 saturated heterocycles. The van der Waals surface area contributed by atoms with Crippen molar-refractivity contribution in [2.75, 3.05) is 0 Å². The van der Waals surface area contributed by atoms with Gasteiger partial charge in [-0.15, -0.1) is 0 Å². The lowest BCUT2D eigenvalue weighted by atomic mass is 9.88. The van der Waals surface area contributed by atoms with Crippen LogP contribution < -0.4 is 0 Å². The van der Waals surface area contributed by atoms with E-state index in [-0.39, 0.29) is 0 Å². The van der Waals surface area contributed by atoms with Gasteiger partial charge >= 0.3 is 0 Å². The molecule has 5 nitrogen and oxygen atoms in total. The molecule has 60 heavy (non-hydrogen) atoms. The van der Waals surface area contributed by atoms with E-state index in [0.29, 0.717) is 17.5 Å². The molecule has 0 aliphatic heterocycles. The highest BCUT2D eigenvalue weighted by molar-refractivity contribution is 5.91. The number of benzene rings is 7. The van der Waals surface area contributed by atoms with E-state index in [0.717, 1.165) is 61.2 Å². The normalized spacial score (nSPS) is 11.0. The van der Waals surface area contributed by atoms with Gasteiger partial charge in [-0.25, -0.2) is 15.0 Å². The third-order valence-corrected chi connectivity index (χ3v) is 10.7. The van der Waals surface area contributed by atoms with Gasteiger partial charge in [0.2, 0.25) is 0 Å². The molecule has 3 aromatic heterocycles. The SMILES string of the molecule is c1ccc(-c2cccc(-c3cc(-c4cccc(-c5ccccc5)c4)cc(-c4ccc(-c5nc(-c6cccnc6)nc(-c6cccnc6)n5)cc4-c4ccccc4)c3)c2)cc1. The summed E-state index contributed by atoms with van der Waals surface area (Å²) in [5, 5.41) is 0. The summed E-state index contributed by atoms with van der Waals surface area (Å²) in [7, 11) is 0. The fraction of sp³-hybridized carbons (Fsp3) is 0. The van der Waals surface area contributed by atoms with Gasteiger partial charge in [0.25, 0.3) is 0 Å². The molecule has 0 aliphatic carbocycles. The van der Waals surface area contributed by atoms with E-state index in [2.05, 4.69) is 186 Å². The van der Waals surface area contributed by atoms with Gasteiger partial charge in [-0.3, -0.25) is 9.97 Å². The average molecular weight is 768 g/mol. The molecule has 0 atom stereocenters. The second-order valence-corrected chi connectivity index (χ2v) is 14.6. The van der Waals surface area contributed by atoms with Gasteiger partial charge in [-0.05, 0) is 127 Å². The summed E-state index contributed by atoms with van der Waals surface area (Å²) in [6, 6.07) is 70.5. The number of hydrogen-bond acceptors (Lipinski definition) is 5. The van der Waals surface area contributed by atoms with E-state index in [4.69, 9.17) is 15.0 Å². The molecule has 0 fully saturated rings. The van der Waals surface area contributed by atoms with Crippen LogP contribution in [0.1, 0.15) is 0 Å². The number of nitrogens with zero attached hydrogens (tertiary/aromatic N) is 5. The predicted molar refractivity (Wildman–Crippen MR) is 244 cm³/mol. The van der Waals surface area contributed by atoms with Crippen molar-refractivity contribution >= 4 is 0 Å². The topological polar surface area (TPSA) is 64.5 Å². The molecule has 3 heterocycles. The first-order valence-electron chi connectivity index (χ1n) is 20.0. The van der Waals surface area contributed by atoms with Crippen molar-refractivity contribution in [3.63, 3.8) is 0 Å². The summed E-state index contributed by atoms with van der Waals surface area (Å²) in [5.41, 5.74) is 16.1. The van der Waals surface area contributed by atoms with Crippen LogP contribution in [0.5, 0.6) is 0 Å². The fourth-order valence-corrected chi connectivity index (χ4v) is 7.68. The molecule has 0 N–H and O–H groups in total. The molecule has 0 amide bonds. The van der Waals surface area contributed by atoms with Crippen molar-refractivity contribution in [1.29, 1.82) is 0 Å². The van der Waals surface area contributed by atoms with Gasteiger partial charge in [0.15, 0.2) is 17.5 Å². The highest BCUT2D eigenvalue weighted by Crippen LogP contribution is 2.40. The first-order valence-corrected chi connectivity index (χ1v) is 20.0. The molecule has 0 aliphatic rings. The summed E-state index contributed by atoms with van der Waals surface area (Å²) in [4.78, 5) is 23.6. The van der Waals surface area contributed by atoms with Gasteiger partial charge in [-0.2, -0.15) is 0 Å². The molecular weight excluding hydrogens is 731 g/mol. The zero-order chi connectivity index (χ0) is 40.1. The van der Waals surface area contributed by atoms with E-state index < -0.39 is 0 Å². The zero-order valence-electron chi connectivity index (χ0n) is 32.6. The standard InChI is InChI=1S/C55H37N5/c1-4-14-38(15-5-1)41-20-10-22-43(30-41)48-32-49(44-23-11-21-42(31-44)39-16-6-2-7-17-39)34-50(33-48)51-27-26-45(35-52(51)40-18-8-3-9-19-40)53-58-54(46-24-12-28-56-36-46)60-55(59-53)47-25-13-29-57-37-47/h1-37H. The van der Waals surface area contributed by atoms with Gasteiger partial charge in [-0.1, -0.05) is 140 Å². The molecule has 5 heteroatoms. The van der Waals surface area contributed by atoms with Crippen LogP contribution in [0.2, 0.25) is 0 Å². The maximum Gasteiger partial charge on any atom is 0.165 e. The van der Waals surface area contributed by atoms with E-state index in [1.165, 1.54) is 22.3 Å². The molecule has 0 spiro atoms.